The fraction of sp³-hybridized carbons (Fsp3) is 0.237. The number of fused-ring (bicyclic) bond motifs is 1. The Morgan fingerprint density at radius 3 is 2.54 bits per heavy atom. The van der Waals surface area contributed by atoms with Gasteiger partial charge < -0.3 is 14.2 Å². The Morgan fingerprint density at radius 1 is 1.04 bits per heavy atom. The summed E-state index contributed by atoms with van der Waals surface area (Å²) < 4.78 is 19.2. The molecule has 0 saturated carbocycles. The highest BCUT2D eigenvalue weighted by Crippen LogP contribution is 2.36. The fourth-order valence-electron chi connectivity index (χ4n) is 5.50. The number of nitro benzene ring substituents is 1. The number of ether oxygens (including phenoxy) is 3. The van der Waals surface area contributed by atoms with Crippen LogP contribution >= 0.6 is 0 Å². The lowest BCUT2D eigenvalue weighted by molar-refractivity contribution is -0.384. The van der Waals surface area contributed by atoms with E-state index < -0.39 is 4.92 Å². The zero-order valence-corrected chi connectivity index (χ0v) is 27.7. The Balaban J connectivity index is 1.62. The van der Waals surface area contributed by atoms with Crippen LogP contribution in [0.25, 0.3) is 22.3 Å². The molecule has 0 N–H and O–H groups in total. The number of methoxy groups -OCH3 is 1. The highest BCUT2D eigenvalue weighted by Gasteiger charge is 2.19. The molecular formula is C38H38N4O6. The van der Waals surface area contributed by atoms with Crippen molar-refractivity contribution in [1.82, 2.24) is 9.66 Å². The summed E-state index contributed by atoms with van der Waals surface area (Å²) in [6.45, 7) is 12.4. The van der Waals surface area contributed by atoms with Crippen molar-refractivity contribution < 1.29 is 19.1 Å². The van der Waals surface area contributed by atoms with Crippen LogP contribution in [0.3, 0.4) is 0 Å². The molecule has 5 rings (SSSR count). The largest absolute Gasteiger partial charge is 0.496 e. The van der Waals surface area contributed by atoms with Crippen molar-refractivity contribution >= 4 is 22.8 Å². The zero-order valence-electron chi connectivity index (χ0n) is 27.7. The summed E-state index contributed by atoms with van der Waals surface area (Å²) in [5.74, 6) is 2.32. The normalized spacial score (nSPS) is 11.3. The van der Waals surface area contributed by atoms with Gasteiger partial charge in [0.15, 0.2) is 17.3 Å². The van der Waals surface area contributed by atoms with E-state index in [-0.39, 0.29) is 23.8 Å². The SMILES string of the molecule is C=CCc1cc(C=Nn2c(-c3cc(C(C)C)c(OC)cc3C)nc3ccccc3c2=O)cc(OCC)c1OCc1cccc([N+](=O)[O-])c1. The molecule has 0 amide bonds. The first kappa shape index (κ1) is 33.6. The van der Waals surface area contributed by atoms with Crippen LogP contribution in [0.1, 0.15) is 54.5 Å². The van der Waals surface area contributed by atoms with Gasteiger partial charge in [-0.15, -0.1) is 6.58 Å². The van der Waals surface area contributed by atoms with Gasteiger partial charge in [0.1, 0.15) is 12.4 Å². The highest BCUT2D eigenvalue weighted by atomic mass is 16.6. The Hall–Kier alpha value is -5.77. The number of non-ortho nitro benzene ring substituents is 1. The number of hydrogen-bond acceptors (Lipinski definition) is 8. The quantitative estimate of drug-likeness (QED) is 0.0550. The van der Waals surface area contributed by atoms with Crippen molar-refractivity contribution in [2.24, 2.45) is 5.10 Å². The van der Waals surface area contributed by atoms with Gasteiger partial charge in [0.05, 0.1) is 35.8 Å². The van der Waals surface area contributed by atoms with Gasteiger partial charge in [-0.2, -0.15) is 9.78 Å². The van der Waals surface area contributed by atoms with Crippen LogP contribution in [0.2, 0.25) is 0 Å². The van der Waals surface area contributed by atoms with Crippen molar-refractivity contribution in [2.75, 3.05) is 13.7 Å². The molecule has 0 spiro atoms. The predicted molar refractivity (Wildman–Crippen MR) is 189 cm³/mol. The van der Waals surface area contributed by atoms with Crippen LogP contribution < -0.4 is 19.8 Å². The number of nitro groups is 1. The molecule has 0 aliphatic carbocycles. The maximum absolute atomic E-state index is 14.0. The number of benzene rings is 4. The molecule has 0 atom stereocenters. The van der Waals surface area contributed by atoms with Crippen molar-refractivity contribution in [2.45, 2.75) is 46.6 Å². The molecule has 0 aliphatic heterocycles. The van der Waals surface area contributed by atoms with Gasteiger partial charge in [0.25, 0.3) is 11.2 Å². The maximum Gasteiger partial charge on any atom is 0.282 e. The summed E-state index contributed by atoms with van der Waals surface area (Å²) >= 11 is 0. The lowest BCUT2D eigenvalue weighted by Gasteiger charge is -2.18. The summed E-state index contributed by atoms with van der Waals surface area (Å²) in [6, 6.07) is 21.2. The lowest BCUT2D eigenvalue weighted by atomic mass is 9.96. The third-order valence-electron chi connectivity index (χ3n) is 7.84. The highest BCUT2D eigenvalue weighted by molar-refractivity contribution is 5.83. The third-order valence-corrected chi connectivity index (χ3v) is 7.84. The molecule has 0 radical (unpaired) electrons. The van der Waals surface area contributed by atoms with E-state index in [1.54, 1.807) is 49.7 Å². The number of rotatable bonds is 13. The molecule has 0 fully saturated rings. The van der Waals surface area contributed by atoms with Crippen LogP contribution in [-0.2, 0) is 13.0 Å². The van der Waals surface area contributed by atoms with Gasteiger partial charge in [-0.3, -0.25) is 14.9 Å². The van der Waals surface area contributed by atoms with Gasteiger partial charge in [-0.1, -0.05) is 44.2 Å². The average Bonchev–Trinajstić information content (AvgIpc) is 3.07. The summed E-state index contributed by atoms with van der Waals surface area (Å²) in [4.78, 5) is 29.7. The van der Waals surface area contributed by atoms with Crippen LogP contribution in [0.4, 0.5) is 5.69 Å². The van der Waals surface area contributed by atoms with Crippen molar-refractivity contribution in [3.8, 4) is 28.6 Å². The topological polar surface area (TPSA) is 118 Å². The monoisotopic (exact) mass is 646 g/mol. The third kappa shape index (κ3) is 7.12. The minimum Gasteiger partial charge on any atom is -0.496 e. The van der Waals surface area contributed by atoms with Crippen LogP contribution in [0.15, 0.2) is 95.3 Å². The molecule has 48 heavy (non-hydrogen) atoms. The van der Waals surface area contributed by atoms with Crippen molar-refractivity contribution in [3.05, 3.63) is 134 Å². The van der Waals surface area contributed by atoms with E-state index in [0.717, 1.165) is 28.0 Å². The van der Waals surface area contributed by atoms with E-state index in [1.165, 1.54) is 16.8 Å². The van der Waals surface area contributed by atoms with Crippen LogP contribution in [0, 0.1) is 17.0 Å². The van der Waals surface area contributed by atoms with Crippen LogP contribution in [-0.4, -0.2) is 34.5 Å². The number of allylic oxidation sites excluding steroid dienone is 1. The number of hydrogen-bond donors (Lipinski definition) is 0. The molecule has 0 saturated heterocycles. The second-order valence-electron chi connectivity index (χ2n) is 11.5. The molecule has 10 heteroatoms. The standard InChI is InChI=1S/C38H38N4O6/c1-7-12-28-18-27(20-35(47-8-2)36(28)48-23-26-13-11-14-29(19-26)42(44)45)22-39-41-37(40-33-16-10-9-15-30(33)38(41)43)32-21-31(24(3)4)34(46-6)17-25(32)5/h7,9-11,13-22,24H,1,8,12,23H2,2-6H3. The molecule has 0 aliphatic rings. The molecular weight excluding hydrogens is 608 g/mol. The minimum absolute atomic E-state index is 0.0120. The summed E-state index contributed by atoms with van der Waals surface area (Å²) in [7, 11) is 1.65. The van der Waals surface area contributed by atoms with Gasteiger partial charge in [0.2, 0.25) is 0 Å². The fourth-order valence-corrected chi connectivity index (χ4v) is 5.50. The Morgan fingerprint density at radius 2 is 1.83 bits per heavy atom. The lowest BCUT2D eigenvalue weighted by Crippen LogP contribution is -2.21. The van der Waals surface area contributed by atoms with Crippen molar-refractivity contribution in [1.29, 1.82) is 0 Å². The van der Waals surface area contributed by atoms with Gasteiger partial charge in [0, 0.05) is 23.3 Å². The molecule has 1 aromatic heterocycles. The Kier molecular flexibility index (Phi) is 10.3. The number of aryl methyl sites for hydroxylation is 1. The number of aromatic nitrogens is 2. The molecule has 4 aromatic carbocycles. The smallest absolute Gasteiger partial charge is 0.282 e. The average molecular weight is 647 g/mol. The van der Waals surface area contributed by atoms with E-state index in [0.29, 0.717) is 52.4 Å². The molecule has 246 valence electrons. The second-order valence-corrected chi connectivity index (χ2v) is 11.5. The minimum atomic E-state index is -0.437. The molecule has 1 heterocycles. The zero-order chi connectivity index (χ0) is 34.4. The summed E-state index contributed by atoms with van der Waals surface area (Å²) in [6.07, 6.45) is 3.81. The van der Waals surface area contributed by atoms with E-state index in [2.05, 4.69) is 20.4 Å². The van der Waals surface area contributed by atoms with E-state index in [9.17, 15) is 14.9 Å². The maximum atomic E-state index is 14.0. The Labute approximate surface area is 279 Å². The predicted octanol–water partition coefficient (Wildman–Crippen LogP) is 8.00. The number of para-hydroxylation sites is 1. The van der Waals surface area contributed by atoms with E-state index in [4.69, 9.17) is 24.3 Å². The molecule has 0 bridgehead atoms. The summed E-state index contributed by atoms with van der Waals surface area (Å²) in [5, 5.41) is 16.4. The van der Waals surface area contributed by atoms with E-state index in [1.807, 2.05) is 44.2 Å². The van der Waals surface area contributed by atoms with Gasteiger partial charge in [-0.25, -0.2) is 4.98 Å². The number of nitrogens with zero attached hydrogens (tertiary/aromatic N) is 4. The second kappa shape index (κ2) is 14.8. The first-order chi connectivity index (χ1) is 23.1. The van der Waals surface area contributed by atoms with Gasteiger partial charge in [-0.05, 0) is 84.8 Å². The van der Waals surface area contributed by atoms with Gasteiger partial charge >= 0.3 is 0 Å². The first-order valence-electron chi connectivity index (χ1n) is 15.7. The van der Waals surface area contributed by atoms with E-state index >= 15 is 0 Å². The van der Waals surface area contributed by atoms with Crippen LogP contribution in [0.5, 0.6) is 17.2 Å². The van der Waals surface area contributed by atoms with Crippen molar-refractivity contribution in [3.63, 3.8) is 0 Å². The first-order valence-corrected chi connectivity index (χ1v) is 15.7. The molecule has 0 unspecified atom stereocenters. The molecule has 5 aromatic rings. The Bertz CT molecular complexity index is 2080. The molecule has 10 nitrogen and oxygen atoms in total. The summed E-state index contributed by atoms with van der Waals surface area (Å²) in [5.41, 5.74) is 4.99.